The Morgan fingerprint density at radius 2 is 1.84 bits per heavy atom. The minimum absolute atomic E-state index is 0.536. The van der Waals surface area contributed by atoms with E-state index in [1.807, 2.05) is 5.32 Å². The molecule has 0 aliphatic heterocycles. The Morgan fingerprint density at radius 3 is 2.26 bits per heavy atom. The van der Waals surface area contributed by atoms with Crippen molar-refractivity contribution >= 4 is 17.5 Å². The summed E-state index contributed by atoms with van der Waals surface area (Å²) in [6.45, 7) is -1.29. The normalized spacial score (nSPS) is 17.7. The molecule has 1 N–H and O–H groups in total. The predicted molar refractivity (Wildman–Crippen MR) is 66.0 cm³/mol. The molecule has 1 aliphatic rings. The number of benzene rings is 1. The van der Waals surface area contributed by atoms with Crippen LogP contribution in [0.5, 0.6) is 0 Å². The van der Waals surface area contributed by atoms with Gasteiger partial charge in [0.1, 0.15) is 6.54 Å². The smallest absolute Gasteiger partial charge is 0.346 e. The van der Waals surface area contributed by atoms with Gasteiger partial charge < -0.3 is 5.32 Å². The molecule has 6 heteroatoms. The molecule has 1 aromatic carbocycles. The quantitative estimate of drug-likeness (QED) is 0.908. The van der Waals surface area contributed by atoms with Crippen LogP contribution >= 0.6 is 11.6 Å². The summed E-state index contributed by atoms with van der Waals surface area (Å²) >= 11 is 5.77. The number of carbonyl (C=O) groups excluding carboxylic acids is 1. The van der Waals surface area contributed by atoms with Gasteiger partial charge in [-0.3, -0.25) is 4.79 Å². The first-order valence-electron chi connectivity index (χ1n) is 5.95. The van der Waals surface area contributed by atoms with E-state index in [0.717, 1.165) is 12.0 Å². The van der Waals surface area contributed by atoms with Gasteiger partial charge in [-0.2, -0.15) is 13.2 Å². The van der Waals surface area contributed by atoms with Gasteiger partial charge in [0.2, 0.25) is 5.91 Å². The molecule has 19 heavy (non-hydrogen) atoms. The number of rotatable bonds is 3. The molecule has 1 amide bonds. The van der Waals surface area contributed by atoms with Gasteiger partial charge in [-0.1, -0.05) is 30.2 Å². The molecule has 2 nitrogen and oxygen atoms in total. The van der Waals surface area contributed by atoms with Crippen LogP contribution in [0.4, 0.5) is 13.2 Å². The largest absolute Gasteiger partial charge is 0.405 e. The summed E-state index contributed by atoms with van der Waals surface area (Å²) in [5, 5.41) is 2.52. The maximum atomic E-state index is 12.1. The number of nitrogens with one attached hydrogen (secondary N) is 1. The third kappa shape index (κ3) is 3.03. The summed E-state index contributed by atoms with van der Waals surface area (Å²) in [7, 11) is 0. The molecule has 0 aromatic heterocycles. The first-order valence-corrected chi connectivity index (χ1v) is 6.32. The van der Waals surface area contributed by atoms with Gasteiger partial charge in [0.25, 0.3) is 0 Å². The van der Waals surface area contributed by atoms with Gasteiger partial charge >= 0.3 is 6.18 Å². The van der Waals surface area contributed by atoms with E-state index in [1.165, 1.54) is 0 Å². The Morgan fingerprint density at radius 1 is 1.26 bits per heavy atom. The van der Waals surface area contributed by atoms with Crippen molar-refractivity contribution in [3.05, 3.63) is 34.9 Å². The van der Waals surface area contributed by atoms with Crippen LogP contribution < -0.4 is 5.32 Å². The molecule has 0 bridgehead atoms. The van der Waals surface area contributed by atoms with Gasteiger partial charge in [0, 0.05) is 5.02 Å². The van der Waals surface area contributed by atoms with Crippen molar-refractivity contribution in [2.24, 2.45) is 0 Å². The molecule has 104 valence electrons. The van der Waals surface area contributed by atoms with E-state index >= 15 is 0 Å². The zero-order valence-corrected chi connectivity index (χ0v) is 10.8. The van der Waals surface area contributed by atoms with E-state index < -0.39 is 24.0 Å². The SMILES string of the molecule is O=C(NCC(F)(F)F)C1(c2ccc(Cl)cc2)CCC1. The summed E-state index contributed by atoms with van der Waals surface area (Å²) in [6.07, 6.45) is -2.42. The Hall–Kier alpha value is -1.23. The molecular weight excluding hydrogens is 279 g/mol. The first kappa shape index (κ1) is 14.2. The molecule has 1 aromatic rings. The highest BCUT2D eigenvalue weighted by Crippen LogP contribution is 2.44. The van der Waals surface area contributed by atoms with Gasteiger partial charge in [-0.25, -0.2) is 0 Å². The Labute approximate surface area is 113 Å². The number of hydrogen-bond donors (Lipinski definition) is 1. The molecule has 1 aliphatic carbocycles. The fraction of sp³-hybridized carbons (Fsp3) is 0.462. The molecule has 0 saturated heterocycles. The molecule has 0 radical (unpaired) electrons. The van der Waals surface area contributed by atoms with E-state index in [4.69, 9.17) is 11.6 Å². The lowest BCUT2D eigenvalue weighted by molar-refractivity contribution is -0.144. The Balaban J connectivity index is 2.14. The third-order valence-corrected chi connectivity index (χ3v) is 3.74. The average molecular weight is 292 g/mol. The standard InChI is InChI=1S/C13H13ClF3NO/c14-10-4-2-9(3-5-10)12(6-1-7-12)11(19)18-8-13(15,16)17/h2-5H,1,6-8H2,(H,18,19). The van der Waals surface area contributed by atoms with E-state index in [9.17, 15) is 18.0 Å². The monoisotopic (exact) mass is 291 g/mol. The highest BCUT2D eigenvalue weighted by Gasteiger charge is 2.46. The van der Waals surface area contributed by atoms with E-state index in [-0.39, 0.29) is 0 Å². The summed E-state index contributed by atoms with van der Waals surface area (Å²) < 4.78 is 36.4. The molecular formula is C13H13ClF3NO. The number of alkyl halides is 3. The minimum atomic E-state index is -4.39. The van der Waals surface area contributed by atoms with Crippen molar-refractivity contribution in [1.82, 2.24) is 5.32 Å². The summed E-state index contributed by atoms with van der Waals surface area (Å²) in [5.74, 6) is -0.557. The number of hydrogen-bond acceptors (Lipinski definition) is 1. The van der Waals surface area contributed by atoms with Crippen LogP contribution in [0.1, 0.15) is 24.8 Å². The van der Waals surface area contributed by atoms with Gasteiger partial charge in [-0.15, -0.1) is 0 Å². The zero-order chi connectivity index (χ0) is 14.1. The Kier molecular flexibility index (Phi) is 3.76. The van der Waals surface area contributed by atoms with Crippen molar-refractivity contribution in [2.75, 3.05) is 6.54 Å². The van der Waals surface area contributed by atoms with E-state index in [1.54, 1.807) is 24.3 Å². The minimum Gasteiger partial charge on any atom is -0.346 e. The van der Waals surface area contributed by atoms with Crippen molar-refractivity contribution in [3.63, 3.8) is 0 Å². The topological polar surface area (TPSA) is 29.1 Å². The molecule has 2 rings (SSSR count). The predicted octanol–water partition coefficient (Wildman–Crippen LogP) is 3.44. The lowest BCUT2D eigenvalue weighted by Crippen LogP contribution is -2.51. The van der Waals surface area contributed by atoms with Gasteiger partial charge in [0.05, 0.1) is 5.41 Å². The maximum Gasteiger partial charge on any atom is 0.405 e. The van der Waals surface area contributed by atoms with Crippen molar-refractivity contribution in [1.29, 1.82) is 0 Å². The maximum absolute atomic E-state index is 12.1. The molecule has 0 spiro atoms. The van der Waals surface area contributed by atoms with Crippen LogP contribution in [-0.2, 0) is 10.2 Å². The van der Waals surface area contributed by atoms with Crippen molar-refractivity contribution < 1.29 is 18.0 Å². The van der Waals surface area contributed by atoms with E-state index in [0.29, 0.717) is 17.9 Å². The summed E-state index contributed by atoms with van der Waals surface area (Å²) in [4.78, 5) is 12.0. The average Bonchev–Trinajstić information content (AvgIpc) is 2.26. The molecule has 0 unspecified atom stereocenters. The third-order valence-electron chi connectivity index (χ3n) is 3.49. The summed E-state index contributed by atoms with van der Waals surface area (Å²) in [5.41, 5.74) is -0.0987. The lowest BCUT2D eigenvalue weighted by atomic mass is 9.64. The molecule has 1 saturated carbocycles. The second kappa shape index (κ2) is 5.04. The molecule has 1 fully saturated rings. The number of carbonyl (C=O) groups is 1. The van der Waals surface area contributed by atoms with E-state index in [2.05, 4.69) is 0 Å². The molecule has 0 atom stereocenters. The highest BCUT2D eigenvalue weighted by atomic mass is 35.5. The van der Waals surface area contributed by atoms with Crippen LogP contribution in [0.2, 0.25) is 5.02 Å². The lowest BCUT2D eigenvalue weighted by Gasteiger charge is -2.40. The van der Waals surface area contributed by atoms with Crippen molar-refractivity contribution in [3.8, 4) is 0 Å². The van der Waals surface area contributed by atoms with Crippen LogP contribution in [0.25, 0.3) is 0 Å². The second-order valence-electron chi connectivity index (χ2n) is 4.74. The second-order valence-corrected chi connectivity index (χ2v) is 5.18. The van der Waals surface area contributed by atoms with Gasteiger partial charge in [0.15, 0.2) is 0 Å². The zero-order valence-electron chi connectivity index (χ0n) is 10.1. The molecule has 0 heterocycles. The van der Waals surface area contributed by atoms with Crippen LogP contribution in [0.3, 0.4) is 0 Å². The number of halogens is 4. The number of amides is 1. The van der Waals surface area contributed by atoms with Crippen LogP contribution in [0, 0.1) is 0 Å². The first-order chi connectivity index (χ1) is 8.83. The van der Waals surface area contributed by atoms with Crippen LogP contribution in [-0.4, -0.2) is 18.6 Å². The summed E-state index contributed by atoms with van der Waals surface area (Å²) in [6, 6.07) is 6.70. The fourth-order valence-corrected chi connectivity index (χ4v) is 2.42. The van der Waals surface area contributed by atoms with Crippen molar-refractivity contribution in [2.45, 2.75) is 30.9 Å². The van der Waals surface area contributed by atoms with Crippen LogP contribution in [0.15, 0.2) is 24.3 Å². The highest BCUT2D eigenvalue weighted by molar-refractivity contribution is 6.30. The fourth-order valence-electron chi connectivity index (χ4n) is 2.30. The Bertz CT molecular complexity index is 466. The van der Waals surface area contributed by atoms with Gasteiger partial charge in [-0.05, 0) is 30.5 Å².